The molecule has 1 aliphatic carbocycles. The van der Waals surface area contributed by atoms with Crippen molar-refractivity contribution in [3.05, 3.63) is 38.5 Å². The molecular formula is C22H26INO4. The molecule has 2 aliphatic heterocycles. The van der Waals surface area contributed by atoms with Gasteiger partial charge in [0.2, 0.25) is 0 Å². The van der Waals surface area contributed by atoms with Gasteiger partial charge in [-0.15, -0.1) is 0 Å². The second-order valence-electron chi connectivity index (χ2n) is 8.38. The molecule has 3 aliphatic rings. The van der Waals surface area contributed by atoms with E-state index in [9.17, 15) is 14.7 Å². The highest BCUT2D eigenvalue weighted by atomic mass is 127. The van der Waals surface area contributed by atoms with Gasteiger partial charge in [-0.3, -0.25) is 9.59 Å². The van der Waals surface area contributed by atoms with Gasteiger partial charge >= 0.3 is 0 Å². The molecule has 1 saturated heterocycles. The van der Waals surface area contributed by atoms with Crippen molar-refractivity contribution >= 4 is 39.8 Å². The van der Waals surface area contributed by atoms with Crippen LogP contribution in [0.4, 0.5) is 5.69 Å². The fourth-order valence-corrected chi connectivity index (χ4v) is 5.39. The van der Waals surface area contributed by atoms with Crippen molar-refractivity contribution in [2.75, 3.05) is 18.1 Å². The van der Waals surface area contributed by atoms with Crippen LogP contribution in [0.1, 0.15) is 52.0 Å². The number of benzene rings is 1. The van der Waals surface area contributed by atoms with Gasteiger partial charge in [0.1, 0.15) is 11.0 Å². The summed E-state index contributed by atoms with van der Waals surface area (Å²) in [4.78, 5) is 28.3. The maximum Gasteiger partial charge on any atom is 0.174 e. The first-order valence-corrected chi connectivity index (χ1v) is 11.0. The maximum atomic E-state index is 13.3. The third-order valence-electron chi connectivity index (χ3n) is 6.52. The average Bonchev–Trinajstić information content (AvgIpc) is 3.20. The van der Waals surface area contributed by atoms with Crippen molar-refractivity contribution in [2.45, 2.75) is 58.3 Å². The Kier molecular flexibility index (Phi) is 4.95. The Hall–Kier alpha value is -1.25. The molecule has 1 aromatic rings. The molecular weight excluding hydrogens is 469 g/mol. The zero-order valence-electron chi connectivity index (χ0n) is 16.5. The maximum absolute atomic E-state index is 13.3. The molecule has 0 spiro atoms. The number of halogens is 1. The van der Waals surface area contributed by atoms with Crippen LogP contribution in [0.5, 0.6) is 0 Å². The Morgan fingerprint density at radius 2 is 2.07 bits per heavy atom. The van der Waals surface area contributed by atoms with Crippen molar-refractivity contribution in [3.63, 3.8) is 0 Å². The second kappa shape index (κ2) is 6.92. The monoisotopic (exact) mass is 495 g/mol. The molecule has 1 fully saturated rings. The van der Waals surface area contributed by atoms with E-state index in [1.165, 1.54) is 0 Å². The molecule has 150 valence electrons. The van der Waals surface area contributed by atoms with Crippen LogP contribution in [0.3, 0.4) is 0 Å². The highest BCUT2D eigenvalue weighted by Crippen LogP contribution is 2.51. The summed E-state index contributed by atoms with van der Waals surface area (Å²) < 4.78 is 6.93. The molecule has 0 aromatic heterocycles. The van der Waals surface area contributed by atoms with E-state index < -0.39 is 17.2 Å². The van der Waals surface area contributed by atoms with Crippen LogP contribution >= 0.6 is 22.6 Å². The van der Waals surface area contributed by atoms with E-state index in [2.05, 4.69) is 29.5 Å². The summed E-state index contributed by atoms with van der Waals surface area (Å²) in [6.45, 7) is 6.29. The lowest BCUT2D eigenvalue weighted by Crippen LogP contribution is -2.50. The Morgan fingerprint density at radius 3 is 2.79 bits per heavy atom. The van der Waals surface area contributed by atoms with Crippen LogP contribution in [0.25, 0.3) is 0 Å². The largest absolute Gasteiger partial charge is 0.380 e. The van der Waals surface area contributed by atoms with E-state index in [4.69, 9.17) is 4.74 Å². The summed E-state index contributed by atoms with van der Waals surface area (Å²) in [5, 5.41) is 11.3. The number of hydrogen-bond acceptors (Lipinski definition) is 5. The van der Waals surface area contributed by atoms with Crippen molar-refractivity contribution in [2.24, 2.45) is 5.41 Å². The smallest absolute Gasteiger partial charge is 0.174 e. The molecule has 6 heteroatoms. The average molecular weight is 495 g/mol. The van der Waals surface area contributed by atoms with Gasteiger partial charge in [0.15, 0.2) is 17.8 Å². The standard InChI is InChI=1S/C22H26INO4/c1-4-5-6-15-13(2)18(25)21(3,19(15)26)12-24-17-8-7-14(23)11-16(17)22(27)9-10-28-20(22)24/h7-8,11,20,27H,4-6,9-10,12H2,1-3H3/t20-,21+,22+/m0/s1. The Labute approximate surface area is 179 Å². The Bertz CT molecular complexity index is 895. The lowest BCUT2D eigenvalue weighted by Gasteiger charge is -2.34. The number of carbonyl (C=O) groups is 2. The topological polar surface area (TPSA) is 66.8 Å². The van der Waals surface area contributed by atoms with Crippen LogP contribution in [0.2, 0.25) is 0 Å². The predicted octanol–water partition coefficient (Wildman–Crippen LogP) is 3.71. The van der Waals surface area contributed by atoms with E-state index in [0.29, 0.717) is 30.6 Å². The third-order valence-corrected chi connectivity index (χ3v) is 7.19. The zero-order valence-corrected chi connectivity index (χ0v) is 18.7. The molecule has 2 heterocycles. The number of anilines is 1. The van der Waals surface area contributed by atoms with Crippen molar-refractivity contribution in [1.29, 1.82) is 0 Å². The third kappa shape index (κ3) is 2.71. The number of Topliss-reactive ketones (excluding diaryl/α,β-unsaturated/α-hetero) is 2. The first-order valence-electron chi connectivity index (χ1n) is 9.94. The number of carbonyl (C=O) groups excluding carboxylic acids is 2. The van der Waals surface area contributed by atoms with E-state index >= 15 is 0 Å². The summed E-state index contributed by atoms with van der Waals surface area (Å²) in [5.41, 5.74) is 0.744. The zero-order chi connectivity index (χ0) is 20.3. The van der Waals surface area contributed by atoms with Crippen LogP contribution in [-0.2, 0) is 19.9 Å². The number of nitrogens with zero attached hydrogens (tertiary/aromatic N) is 1. The number of rotatable bonds is 5. The number of allylic oxidation sites excluding steroid dienone is 2. The fraction of sp³-hybridized carbons (Fsp3) is 0.545. The van der Waals surface area contributed by atoms with Crippen LogP contribution < -0.4 is 4.90 Å². The van der Waals surface area contributed by atoms with Gasteiger partial charge in [0.25, 0.3) is 0 Å². The van der Waals surface area contributed by atoms with E-state index in [-0.39, 0.29) is 18.1 Å². The van der Waals surface area contributed by atoms with Gasteiger partial charge in [-0.2, -0.15) is 0 Å². The van der Waals surface area contributed by atoms with Crippen molar-refractivity contribution < 1.29 is 19.4 Å². The predicted molar refractivity (Wildman–Crippen MR) is 115 cm³/mol. The summed E-state index contributed by atoms with van der Waals surface area (Å²) in [7, 11) is 0. The number of ketones is 2. The van der Waals surface area contributed by atoms with Crippen LogP contribution in [0.15, 0.2) is 29.3 Å². The van der Waals surface area contributed by atoms with Gasteiger partial charge in [-0.05, 0) is 73.1 Å². The van der Waals surface area contributed by atoms with Crippen molar-refractivity contribution in [3.8, 4) is 0 Å². The minimum absolute atomic E-state index is 0.0658. The van der Waals surface area contributed by atoms with E-state index in [0.717, 1.165) is 27.7 Å². The lowest BCUT2D eigenvalue weighted by atomic mass is 9.82. The molecule has 1 N–H and O–H groups in total. The highest BCUT2D eigenvalue weighted by Gasteiger charge is 2.58. The molecule has 0 bridgehead atoms. The van der Waals surface area contributed by atoms with E-state index in [1.54, 1.807) is 13.8 Å². The van der Waals surface area contributed by atoms with E-state index in [1.807, 2.05) is 23.1 Å². The molecule has 3 atom stereocenters. The number of hydrogen-bond donors (Lipinski definition) is 1. The normalized spacial score (nSPS) is 31.8. The highest BCUT2D eigenvalue weighted by molar-refractivity contribution is 14.1. The number of unbranched alkanes of at least 4 members (excludes halogenated alkanes) is 1. The molecule has 0 radical (unpaired) electrons. The summed E-state index contributed by atoms with van der Waals surface area (Å²) >= 11 is 2.23. The lowest BCUT2D eigenvalue weighted by molar-refractivity contribution is -0.133. The fourth-order valence-electron chi connectivity index (χ4n) is 4.90. The van der Waals surface area contributed by atoms with Gasteiger partial charge in [-0.25, -0.2) is 0 Å². The minimum Gasteiger partial charge on any atom is -0.380 e. The Morgan fingerprint density at radius 1 is 1.32 bits per heavy atom. The quantitative estimate of drug-likeness (QED) is 0.499. The summed E-state index contributed by atoms with van der Waals surface area (Å²) in [5.74, 6) is -0.159. The second-order valence-corrected chi connectivity index (χ2v) is 9.63. The summed E-state index contributed by atoms with van der Waals surface area (Å²) in [6.07, 6.45) is 2.49. The summed E-state index contributed by atoms with van der Waals surface area (Å²) in [6, 6.07) is 5.92. The minimum atomic E-state index is -1.13. The van der Waals surface area contributed by atoms with Gasteiger partial charge in [0.05, 0.1) is 6.61 Å². The first kappa shape index (κ1) is 20.0. The first-order chi connectivity index (χ1) is 13.2. The molecule has 5 nitrogen and oxygen atoms in total. The molecule has 4 rings (SSSR count). The van der Waals surface area contributed by atoms with Crippen molar-refractivity contribution in [1.82, 2.24) is 0 Å². The molecule has 0 saturated carbocycles. The van der Waals surface area contributed by atoms with Gasteiger partial charge < -0.3 is 14.7 Å². The molecule has 0 unspecified atom stereocenters. The van der Waals surface area contributed by atoms with Gasteiger partial charge in [0, 0.05) is 33.4 Å². The van der Waals surface area contributed by atoms with Crippen LogP contribution in [-0.4, -0.2) is 36.1 Å². The molecule has 28 heavy (non-hydrogen) atoms. The number of aliphatic hydroxyl groups is 1. The van der Waals surface area contributed by atoms with Gasteiger partial charge in [-0.1, -0.05) is 13.3 Å². The Balaban J connectivity index is 1.70. The number of fused-ring (bicyclic) bond motifs is 3. The van der Waals surface area contributed by atoms with Crippen LogP contribution in [0, 0.1) is 8.99 Å². The number of ether oxygens (including phenoxy) is 1. The SMILES string of the molecule is CCCCC1=C(C)C(=O)[C@@](C)(CN2c3ccc(I)cc3[C@]3(O)CCO[C@H]23)C1=O. The molecule has 1 aromatic carbocycles. The molecule has 0 amide bonds.